The number of amides is 1. The first-order chi connectivity index (χ1) is 12.1. The Morgan fingerprint density at radius 3 is 2.68 bits per heavy atom. The molecular weight excluding hydrogens is 357 g/mol. The van der Waals surface area contributed by atoms with Crippen molar-refractivity contribution >= 4 is 29.1 Å². The number of carbonyl (C=O) groups is 1. The molecule has 1 aliphatic rings. The zero-order valence-corrected chi connectivity index (χ0v) is 15.7. The second kappa shape index (κ2) is 8.77. The van der Waals surface area contributed by atoms with Crippen LogP contribution >= 0.6 is 23.2 Å². The fourth-order valence-corrected chi connectivity index (χ4v) is 3.89. The number of hydrogen-bond donors (Lipinski definition) is 1. The highest BCUT2D eigenvalue weighted by Gasteiger charge is 2.15. The molecule has 1 N–H and O–H groups in total. The summed E-state index contributed by atoms with van der Waals surface area (Å²) in [6.45, 7) is 0.398. The van der Waals surface area contributed by atoms with E-state index in [2.05, 4.69) is 5.32 Å². The minimum atomic E-state index is 0.0908. The minimum absolute atomic E-state index is 0.0908. The van der Waals surface area contributed by atoms with Crippen molar-refractivity contribution in [1.82, 2.24) is 5.32 Å². The average Bonchev–Trinajstić information content (AvgIpc) is 3.08. The molecule has 1 aliphatic carbocycles. The van der Waals surface area contributed by atoms with Gasteiger partial charge in [-0.25, -0.2) is 0 Å². The molecule has 0 spiro atoms. The maximum absolute atomic E-state index is 12.0. The van der Waals surface area contributed by atoms with E-state index < -0.39 is 0 Å². The average molecular weight is 380 g/mol. The van der Waals surface area contributed by atoms with Gasteiger partial charge in [0.1, 0.15) is 11.5 Å². The van der Waals surface area contributed by atoms with Crippen LogP contribution in [0.4, 0.5) is 0 Å². The van der Waals surface area contributed by atoms with E-state index in [9.17, 15) is 4.79 Å². The molecule has 1 aromatic heterocycles. The van der Waals surface area contributed by atoms with Crippen LogP contribution in [0.1, 0.15) is 50.7 Å². The molecule has 0 bridgehead atoms. The highest BCUT2D eigenvalue weighted by atomic mass is 35.5. The van der Waals surface area contributed by atoms with Crippen LogP contribution in [0, 0.1) is 5.92 Å². The molecule has 1 fully saturated rings. The molecule has 0 saturated heterocycles. The van der Waals surface area contributed by atoms with Gasteiger partial charge in [-0.3, -0.25) is 4.79 Å². The predicted octanol–water partition coefficient (Wildman–Crippen LogP) is 6.23. The molecule has 5 heteroatoms. The van der Waals surface area contributed by atoms with Crippen molar-refractivity contribution in [1.29, 1.82) is 0 Å². The second-order valence-electron chi connectivity index (χ2n) is 6.71. The molecule has 1 saturated carbocycles. The van der Waals surface area contributed by atoms with Crippen molar-refractivity contribution in [3.63, 3.8) is 0 Å². The smallest absolute Gasteiger partial charge is 0.220 e. The molecule has 1 heterocycles. The van der Waals surface area contributed by atoms with E-state index >= 15 is 0 Å². The van der Waals surface area contributed by atoms with Gasteiger partial charge in [0.25, 0.3) is 0 Å². The summed E-state index contributed by atoms with van der Waals surface area (Å²) in [7, 11) is 0. The fourth-order valence-electron chi connectivity index (χ4n) is 3.39. The van der Waals surface area contributed by atoms with E-state index in [1.165, 1.54) is 32.1 Å². The zero-order valence-electron chi connectivity index (χ0n) is 14.2. The van der Waals surface area contributed by atoms with E-state index in [-0.39, 0.29) is 5.91 Å². The van der Waals surface area contributed by atoms with Crippen LogP contribution in [0.25, 0.3) is 11.3 Å². The van der Waals surface area contributed by atoms with Crippen LogP contribution in [0.15, 0.2) is 34.7 Å². The van der Waals surface area contributed by atoms with Crippen LogP contribution in [-0.2, 0) is 11.3 Å². The number of rotatable bonds is 6. The van der Waals surface area contributed by atoms with Gasteiger partial charge in [0.05, 0.1) is 11.6 Å². The van der Waals surface area contributed by atoms with Crippen LogP contribution in [0.5, 0.6) is 0 Å². The SMILES string of the molecule is O=C(CCC1CCCCC1)NCc1ccc(-c2ccc(Cl)cc2Cl)o1. The lowest BCUT2D eigenvalue weighted by atomic mass is 9.86. The lowest BCUT2D eigenvalue weighted by Crippen LogP contribution is -2.23. The summed E-state index contributed by atoms with van der Waals surface area (Å²) < 4.78 is 5.79. The number of furan rings is 1. The molecule has 0 aliphatic heterocycles. The van der Waals surface area contributed by atoms with E-state index in [4.69, 9.17) is 27.6 Å². The molecule has 25 heavy (non-hydrogen) atoms. The van der Waals surface area contributed by atoms with Crippen LogP contribution < -0.4 is 5.32 Å². The van der Waals surface area contributed by atoms with Gasteiger partial charge in [0, 0.05) is 17.0 Å². The first kappa shape index (κ1) is 18.3. The number of hydrogen-bond acceptors (Lipinski definition) is 2. The lowest BCUT2D eigenvalue weighted by Gasteiger charge is -2.20. The summed E-state index contributed by atoms with van der Waals surface area (Å²) in [5, 5.41) is 4.08. The standard InChI is InChI=1S/C20H23Cl2NO2/c21-15-7-9-17(18(22)12-15)19-10-8-16(25-19)13-23-20(24)11-6-14-4-2-1-3-5-14/h7-10,12,14H,1-6,11,13H2,(H,23,24). The van der Waals surface area contributed by atoms with Gasteiger partial charge in [-0.15, -0.1) is 0 Å². The monoisotopic (exact) mass is 379 g/mol. The van der Waals surface area contributed by atoms with Crippen molar-refractivity contribution in [2.75, 3.05) is 0 Å². The highest BCUT2D eigenvalue weighted by molar-refractivity contribution is 6.36. The fraction of sp³-hybridized carbons (Fsp3) is 0.450. The van der Waals surface area contributed by atoms with Crippen molar-refractivity contribution in [3.8, 4) is 11.3 Å². The van der Waals surface area contributed by atoms with Gasteiger partial charge in [0.2, 0.25) is 5.91 Å². The van der Waals surface area contributed by atoms with Crippen molar-refractivity contribution in [2.24, 2.45) is 5.92 Å². The molecule has 3 rings (SSSR count). The summed E-state index contributed by atoms with van der Waals surface area (Å²) in [6, 6.07) is 9.02. The molecule has 2 aromatic rings. The lowest BCUT2D eigenvalue weighted by molar-refractivity contribution is -0.121. The topological polar surface area (TPSA) is 42.2 Å². The molecule has 1 amide bonds. The van der Waals surface area contributed by atoms with E-state index in [1.54, 1.807) is 12.1 Å². The Kier molecular flexibility index (Phi) is 6.44. The van der Waals surface area contributed by atoms with Gasteiger partial charge in [-0.05, 0) is 42.7 Å². The number of nitrogens with one attached hydrogen (secondary N) is 1. The van der Waals surface area contributed by atoms with Gasteiger partial charge in [0.15, 0.2) is 0 Å². The van der Waals surface area contributed by atoms with E-state index in [0.29, 0.717) is 34.5 Å². The van der Waals surface area contributed by atoms with Gasteiger partial charge in [-0.2, -0.15) is 0 Å². The third-order valence-electron chi connectivity index (χ3n) is 4.82. The van der Waals surface area contributed by atoms with Crippen LogP contribution in [-0.4, -0.2) is 5.91 Å². The molecular formula is C20H23Cl2NO2. The zero-order chi connectivity index (χ0) is 17.6. The Bertz CT molecular complexity index is 720. The molecule has 3 nitrogen and oxygen atoms in total. The largest absolute Gasteiger partial charge is 0.459 e. The molecule has 1 aromatic carbocycles. The number of halogens is 2. The third kappa shape index (κ3) is 5.26. The minimum Gasteiger partial charge on any atom is -0.459 e. The maximum Gasteiger partial charge on any atom is 0.220 e. The summed E-state index contributed by atoms with van der Waals surface area (Å²) in [5.41, 5.74) is 0.793. The highest BCUT2D eigenvalue weighted by Crippen LogP contribution is 2.31. The summed E-state index contributed by atoms with van der Waals surface area (Å²) in [4.78, 5) is 12.0. The Balaban J connectivity index is 1.48. The Morgan fingerprint density at radius 1 is 1.12 bits per heavy atom. The molecule has 0 unspecified atom stereocenters. The number of benzene rings is 1. The normalized spacial score (nSPS) is 15.3. The van der Waals surface area contributed by atoms with E-state index in [0.717, 1.165) is 17.9 Å². The molecule has 0 atom stereocenters. The summed E-state index contributed by atoms with van der Waals surface area (Å²) >= 11 is 12.1. The molecule has 134 valence electrons. The first-order valence-corrected chi connectivity index (χ1v) is 9.68. The quantitative estimate of drug-likeness (QED) is 0.645. The van der Waals surface area contributed by atoms with Gasteiger partial charge in [-0.1, -0.05) is 55.3 Å². The predicted molar refractivity (Wildman–Crippen MR) is 102 cm³/mol. The van der Waals surface area contributed by atoms with Crippen molar-refractivity contribution < 1.29 is 9.21 Å². The number of carbonyl (C=O) groups excluding carboxylic acids is 1. The molecule has 0 radical (unpaired) electrons. The van der Waals surface area contributed by atoms with Crippen molar-refractivity contribution in [2.45, 2.75) is 51.5 Å². The van der Waals surface area contributed by atoms with E-state index in [1.807, 2.05) is 18.2 Å². The van der Waals surface area contributed by atoms with Gasteiger partial charge < -0.3 is 9.73 Å². The third-order valence-corrected chi connectivity index (χ3v) is 5.37. The van der Waals surface area contributed by atoms with Gasteiger partial charge >= 0.3 is 0 Å². The second-order valence-corrected chi connectivity index (χ2v) is 7.55. The summed E-state index contributed by atoms with van der Waals surface area (Å²) in [6.07, 6.45) is 8.12. The maximum atomic E-state index is 12.0. The van der Waals surface area contributed by atoms with Crippen LogP contribution in [0.2, 0.25) is 10.0 Å². The Morgan fingerprint density at radius 2 is 1.92 bits per heavy atom. The summed E-state index contributed by atoms with van der Waals surface area (Å²) in [5.74, 6) is 2.20. The van der Waals surface area contributed by atoms with Crippen molar-refractivity contribution in [3.05, 3.63) is 46.1 Å². The first-order valence-electron chi connectivity index (χ1n) is 8.92. The van der Waals surface area contributed by atoms with Crippen LogP contribution in [0.3, 0.4) is 0 Å². The Hall–Kier alpha value is -1.45. The Labute approximate surface area is 158 Å².